The number of benzene rings is 1. The third kappa shape index (κ3) is 4.57. The van der Waals surface area contributed by atoms with E-state index < -0.39 is 0 Å². The third-order valence-electron chi connectivity index (χ3n) is 3.66. The van der Waals surface area contributed by atoms with Crippen LogP contribution in [-0.2, 0) is 16.1 Å². The number of aryl methyl sites for hydroxylation is 1. The first-order valence-corrected chi connectivity index (χ1v) is 8.84. The molecule has 1 N–H and O–H groups in total. The molecule has 3 rings (SSSR count). The van der Waals surface area contributed by atoms with Gasteiger partial charge in [-0.2, -0.15) is 5.10 Å². The van der Waals surface area contributed by atoms with Gasteiger partial charge in [0.05, 0.1) is 11.4 Å². The van der Waals surface area contributed by atoms with Crippen LogP contribution in [0.1, 0.15) is 12.0 Å². The van der Waals surface area contributed by atoms with E-state index in [1.165, 1.54) is 12.7 Å². The summed E-state index contributed by atoms with van der Waals surface area (Å²) < 4.78 is 1.56. The van der Waals surface area contributed by atoms with Gasteiger partial charge in [0.15, 0.2) is 0 Å². The lowest BCUT2D eigenvalue weighted by Gasteiger charge is -2.13. The highest BCUT2D eigenvalue weighted by molar-refractivity contribution is 8.18. The number of thioether (sulfide) groups is 1. The fourth-order valence-corrected chi connectivity index (χ4v) is 3.22. The van der Waals surface area contributed by atoms with Gasteiger partial charge in [0.2, 0.25) is 5.91 Å². The Bertz CT molecular complexity index is 820. The van der Waals surface area contributed by atoms with E-state index in [9.17, 15) is 14.4 Å². The molecule has 1 aliphatic rings. The molecule has 8 nitrogen and oxygen atoms in total. The molecule has 3 amide bonds. The molecule has 26 heavy (non-hydrogen) atoms. The molecule has 9 heteroatoms. The minimum atomic E-state index is -0.333. The van der Waals surface area contributed by atoms with Crippen LogP contribution < -0.4 is 5.32 Å². The third-order valence-corrected chi connectivity index (χ3v) is 4.57. The Morgan fingerprint density at radius 2 is 2.00 bits per heavy atom. The SMILES string of the molecule is O=C(CCn1cncn1)NCCN1C(=O)SC(=Cc2ccccc2)C1=O. The minimum Gasteiger partial charge on any atom is -0.354 e. The quantitative estimate of drug-likeness (QED) is 0.741. The van der Waals surface area contributed by atoms with E-state index in [-0.39, 0.29) is 36.6 Å². The Morgan fingerprint density at radius 1 is 1.19 bits per heavy atom. The predicted octanol–water partition coefficient (Wildman–Crippen LogP) is 1.52. The molecule has 134 valence electrons. The zero-order valence-electron chi connectivity index (χ0n) is 13.9. The Labute approximate surface area is 154 Å². The fraction of sp³-hybridized carbons (Fsp3) is 0.235. The maximum Gasteiger partial charge on any atom is 0.293 e. The summed E-state index contributed by atoms with van der Waals surface area (Å²) in [5.74, 6) is -0.506. The van der Waals surface area contributed by atoms with Crippen molar-refractivity contribution in [1.82, 2.24) is 25.0 Å². The molecule has 0 spiro atoms. The van der Waals surface area contributed by atoms with Crippen LogP contribution in [0.3, 0.4) is 0 Å². The summed E-state index contributed by atoms with van der Waals surface area (Å²) >= 11 is 0.911. The van der Waals surface area contributed by atoms with Crippen molar-refractivity contribution in [2.24, 2.45) is 0 Å². The molecule has 1 aromatic carbocycles. The van der Waals surface area contributed by atoms with Crippen LogP contribution in [0.5, 0.6) is 0 Å². The van der Waals surface area contributed by atoms with Crippen LogP contribution in [0.25, 0.3) is 6.08 Å². The number of rotatable bonds is 7. The molecule has 0 aliphatic carbocycles. The standard InChI is InChI=1S/C17H17N5O3S/c23-15(6-8-21-12-18-11-20-21)19-7-9-22-16(24)14(26-17(22)25)10-13-4-2-1-3-5-13/h1-5,10-12H,6-9H2,(H,19,23). The van der Waals surface area contributed by atoms with Crippen molar-refractivity contribution in [3.05, 3.63) is 53.5 Å². The van der Waals surface area contributed by atoms with Gasteiger partial charge in [-0.15, -0.1) is 0 Å². The zero-order chi connectivity index (χ0) is 18.4. The summed E-state index contributed by atoms with van der Waals surface area (Å²) in [6.07, 6.45) is 4.88. The first-order chi connectivity index (χ1) is 12.6. The highest BCUT2D eigenvalue weighted by Crippen LogP contribution is 2.31. The molecule has 0 unspecified atom stereocenters. The van der Waals surface area contributed by atoms with Gasteiger partial charge >= 0.3 is 0 Å². The smallest absolute Gasteiger partial charge is 0.293 e. The molecular formula is C17H17N5O3S. The van der Waals surface area contributed by atoms with Crippen LogP contribution in [0.4, 0.5) is 4.79 Å². The van der Waals surface area contributed by atoms with Crippen LogP contribution in [0.2, 0.25) is 0 Å². The van der Waals surface area contributed by atoms with E-state index in [4.69, 9.17) is 0 Å². The molecule has 0 saturated carbocycles. The summed E-state index contributed by atoms with van der Waals surface area (Å²) in [6.45, 7) is 0.784. The van der Waals surface area contributed by atoms with Gasteiger partial charge in [-0.25, -0.2) is 4.98 Å². The van der Waals surface area contributed by atoms with Crippen molar-refractivity contribution in [2.45, 2.75) is 13.0 Å². The van der Waals surface area contributed by atoms with E-state index >= 15 is 0 Å². The number of nitrogens with zero attached hydrogens (tertiary/aromatic N) is 4. The van der Waals surface area contributed by atoms with Crippen molar-refractivity contribution >= 4 is 34.9 Å². The van der Waals surface area contributed by atoms with Gasteiger partial charge in [-0.05, 0) is 23.4 Å². The molecular weight excluding hydrogens is 354 g/mol. The van der Waals surface area contributed by atoms with Gasteiger partial charge in [-0.1, -0.05) is 30.3 Å². The molecule has 0 radical (unpaired) electrons. The molecule has 1 aliphatic heterocycles. The average molecular weight is 371 g/mol. The summed E-state index contributed by atoms with van der Waals surface area (Å²) in [5.41, 5.74) is 0.861. The second kappa shape index (κ2) is 8.43. The van der Waals surface area contributed by atoms with E-state index in [0.717, 1.165) is 22.2 Å². The van der Waals surface area contributed by atoms with Crippen molar-refractivity contribution < 1.29 is 14.4 Å². The first-order valence-electron chi connectivity index (χ1n) is 8.03. The lowest BCUT2D eigenvalue weighted by Crippen LogP contribution is -2.37. The second-order valence-electron chi connectivity index (χ2n) is 5.50. The Balaban J connectivity index is 1.47. The lowest BCUT2D eigenvalue weighted by molar-refractivity contribution is -0.124. The van der Waals surface area contributed by atoms with Crippen LogP contribution in [-0.4, -0.2) is 49.8 Å². The topological polar surface area (TPSA) is 97.2 Å². The van der Waals surface area contributed by atoms with Crippen LogP contribution in [0.15, 0.2) is 47.9 Å². The molecule has 1 fully saturated rings. The average Bonchev–Trinajstić information content (AvgIpc) is 3.25. The normalized spacial score (nSPS) is 15.7. The second-order valence-corrected chi connectivity index (χ2v) is 6.50. The maximum atomic E-state index is 12.4. The van der Waals surface area contributed by atoms with Crippen LogP contribution >= 0.6 is 11.8 Å². The Morgan fingerprint density at radius 3 is 2.73 bits per heavy atom. The Kier molecular flexibility index (Phi) is 5.80. The molecule has 0 atom stereocenters. The highest BCUT2D eigenvalue weighted by atomic mass is 32.2. The highest BCUT2D eigenvalue weighted by Gasteiger charge is 2.34. The van der Waals surface area contributed by atoms with Gasteiger partial charge < -0.3 is 5.32 Å². The molecule has 1 saturated heterocycles. The van der Waals surface area contributed by atoms with Gasteiger partial charge in [0.1, 0.15) is 12.7 Å². The zero-order valence-corrected chi connectivity index (χ0v) is 14.7. The molecule has 2 heterocycles. The van der Waals surface area contributed by atoms with E-state index in [1.54, 1.807) is 10.8 Å². The van der Waals surface area contributed by atoms with E-state index in [0.29, 0.717) is 11.4 Å². The summed E-state index contributed by atoms with van der Waals surface area (Å²) in [6, 6.07) is 9.34. The minimum absolute atomic E-state index is 0.145. The summed E-state index contributed by atoms with van der Waals surface area (Å²) in [4.78, 5) is 41.5. The number of hydrogen-bond donors (Lipinski definition) is 1. The van der Waals surface area contributed by atoms with E-state index in [1.807, 2.05) is 30.3 Å². The van der Waals surface area contributed by atoms with Crippen molar-refractivity contribution in [2.75, 3.05) is 13.1 Å². The van der Waals surface area contributed by atoms with Gasteiger partial charge in [0, 0.05) is 19.5 Å². The number of amides is 3. The van der Waals surface area contributed by atoms with Crippen molar-refractivity contribution in [3.63, 3.8) is 0 Å². The van der Waals surface area contributed by atoms with Gasteiger partial charge in [-0.3, -0.25) is 24.0 Å². The predicted molar refractivity (Wildman–Crippen MR) is 96.8 cm³/mol. The number of hydrogen-bond acceptors (Lipinski definition) is 6. The Hall–Kier alpha value is -2.94. The van der Waals surface area contributed by atoms with Crippen molar-refractivity contribution in [3.8, 4) is 0 Å². The molecule has 2 aromatic rings. The summed E-state index contributed by atoms with van der Waals surface area (Å²) in [5, 5.41) is 6.29. The van der Waals surface area contributed by atoms with Crippen LogP contribution in [0, 0.1) is 0 Å². The number of aromatic nitrogens is 3. The van der Waals surface area contributed by atoms with Crippen molar-refractivity contribution in [1.29, 1.82) is 0 Å². The first kappa shape index (κ1) is 17.9. The molecule has 1 aromatic heterocycles. The number of nitrogens with one attached hydrogen (secondary N) is 1. The largest absolute Gasteiger partial charge is 0.354 e. The maximum absolute atomic E-state index is 12.4. The monoisotopic (exact) mass is 371 g/mol. The number of carbonyl (C=O) groups excluding carboxylic acids is 3. The summed E-state index contributed by atoms with van der Waals surface area (Å²) in [7, 11) is 0. The number of imide groups is 1. The molecule has 0 bridgehead atoms. The van der Waals surface area contributed by atoms with Gasteiger partial charge in [0.25, 0.3) is 11.1 Å². The lowest BCUT2D eigenvalue weighted by atomic mass is 10.2. The van der Waals surface area contributed by atoms with E-state index in [2.05, 4.69) is 15.4 Å². The fourth-order valence-electron chi connectivity index (χ4n) is 2.35. The number of carbonyl (C=O) groups is 3.